The molecular formula is C25H32Br2N2O3. The van der Waals surface area contributed by atoms with Crippen molar-refractivity contribution in [3.63, 3.8) is 0 Å². The van der Waals surface area contributed by atoms with Gasteiger partial charge in [0, 0.05) is 17.6 Å². The first-order valence-corrected chi connectivity index (χ1v) is 12.4. The van der Waals surface area contributed by atoms with Gasteiger partial charge in [0.15, 0.2) is 6.61 Å². The lowest BCUT2D eigenvalue weighted by atomic mass is 9.87. The van der Waals surface area contributed by atoms with Crippen LogP contribution in [0.5, 0.6) is 5.75 Å². The SMILES string of the molecule is CCCNC(=O)[C@@H](C)N(Cc1cccc(Br)c1)C(=O)COc1ccc(C(C)(C)C)cc1Br. The quantitative estimate of drug-likeness (QED) is 0.414. The molecule has 174 valence electrons. The minimum absolute atomic E-state index is 0.0128. The van der Waals surface area contributed by atoms with E-state index in [2.05, 4.69) is 57.9 Å². The van der Waals surface area contributed by atoms with E-state index in [4.69, 9.17) is 4.74 Å². The summed E-state index contributed by atoms with van der Waals surface area (Å²) in [6.07, 6.45) is 0.833. The lowest BCUT2D eigenvalue weighted by Gasteiger charge is -2.29. The molecule has 2 amide bonds. The first-order chi connectivity index (χ1) is 15.0. The van der Waals surface area contributed by atoms with Gasteiger partial charge < -0.3 is 15.0 Å². The highest BCUT2D eigenvalue weighted by Gasteiger charge is 2.26. The van der Waals surface area contributed by atoms with E-state index in [9.17, 15) is 9.59 Å². The molecule has 32 heavy (non-hydrogen) atoms. The zero-order valence-corrected chi connectivity index (χ0v) is 22.5. The molecule has 0 unspecified atom stereocenters. The number of halogens is 2. The molecule has 1 atom stereocenters. The first-order valence-electron chi connectivity index (χ1n) is 10.8. The van der Waals surface area contributed by atoms with Crippen LogP contribution in [0.25, 0.3) is 0 Å². The van der Waals surface area contributed by atoms with E-state index >= 15 is 0 Å². The molecule has 0 saturated carbocycles. The van der Waals surface area contributed by atoms with Gasteiger partial charge in [0.05, 0.1) is 4.47 Å². The van der Waals surface area contributed by atoms with Gasteiger partial charge in [-0.05, 0) is 70.1 Å². The molecule has 2 aromatic rings. The number of carbonyl (C=O) groups is 2. The lowest BCUT2D eigenvalue weighted by Crippen LogP contribution is -2.49. The van der Waals surface area contributed by atoms with E-state index < -0.39 is 6.04 Å². The summed E-state index contributed by atoms with van der Waals surface area (Å²) in [5.74, 6) is 0.165. The molecule has 5 nitrogen and oxygen atoms in total. The normalized spacial score (nSPS) is 12.2. The van der Waals surface area contributed by atoms with Crippen molar-refractivity contribution in [2.75, 3.05) is 13.2 Å². The molecule has 0 bridgehead atoms. The Labute approximate surface area is 208 Å². The number of amides is 2. The molecule has 0 spiro atoms. The molecule has 0 aliphatic rings. The van der Waals surface area contributed by atoms with E-state index in [1.807, 2.05) is 49.4 Å². The monoisotopic (exact) mass is 566 g/mol. The zero-order valence-electron chi connectivity index (χ0n) is 19.4. The standard InChI is InChI=1S/C25H32Br2N2O3/c1-6-12-28-24(31)17(2)29(15-18-8-7-9-20(26)13-18)23(30)16-32-22-11-10-19(14-21(22)27)25(3,4)5/h7-11,13-14,17H,6,12,15-16H2,1-5H3,(H,28,31)/t17-/m1/s1. The van der Waals surface area contributed by atoms with Crippen molar-refractivity contribution >= 4 is 43.7 Å². The van der Waals surface area contributed by atoms with Crippen LogP contribution in [0.4, 0.5) is 0 Å². The maximum Gasteiger partial charge on any atom is 0.261 e. The Balaban J connectivity index is 2.17. The van der Waals surface area contributed by atoms with Gasteiger partial charge in [-0.25, -0.2) is 0 Å². The highest BCUT2D eigenvalue weighted by molar-refractivity contribution is 9.10. The Morgan fingerprint density at radius 3 is 2.44 bits per heavy atom. The van der Waals surface area contributed by atoms with Crippen LogP contribution in [0.3, 0.4) is 0 Å². The fourth-order valence-electron chi connectivity index (χ4n) is 3.12. The second kappa shape index (κ2) is 11.8. The number of carbonyl (C=O) groups excluding carboxylic acids is 2. The largest absolute Gasteiger partial charge is 0.483 e. The Morgan fingerprint density at radius 1 is 1.12 bits per heavy atom. The maximum absolute atomic E-state index is 13.2. The molecule has 0 saturated heterocycles. The Morgan fingerprint density at radius 2 is 1.84 bits per heavy atom. The molecule has 2 aromatic carbocycles. The minimum Gasteiger partial charge on any atom is -0.483 e. The van der Waals surface area contributed by atoms with E-state index in [0.29, 0.717) is 18.8 Å². The number of nitrogens with zero attached hydrogens (tertiary/aromatic N) is 1. The molecule has 7 heteroatoms. The van der Waals surface area contributed by atoms with Crippen LogP contribution in [0.1, 0.15) is 52.2 Å². The first kappa shape index (κ1) is 26.4. The van der Waals surface area contributed by atoms with Crippen molar-refractivity contribution in [2.45, 2.75) is 59.0 Å². The van der Waals surface area contributed by atoms with Gasteiger partial charge in [0.1, 0.15) is 11.8 Å². The van der Waals surface area contributed by atoms with Crippen molar-refractivity contribution < 1.29 is 14.3 Å². The second-order valence-corrected chi connectivity index (χ2v) is 10.6. The van der Waals surface area contributed by atoms with E-state index in [1.165, 1.54) is 5.56 Å². The summed E-state index contributed by atoms with van der Waals surface area (Å²) in [6.45, 7) is 10.9. The van der Waals surface area contributed by atoms with E-state index in [0.717, 1.165) is 20.9 Å². The van der Waals surface area contributed by atoms with Crippen LogP contribution in [-0.4, -0.2) is 35.9 Å². The summed E-state index contributed by atoms with van der Waals surface area (Å²) in [6, 6.07) is 13.0. The number of rotatable bonds is 9. The van der Waals surface area contributed by atoms with Crippen LogP contribution >= 0.6 is 31.9 Å². The summed E-state index contributed by atoms with van der Waals surface area (Å²) in [7, 11) is 0. The Kier molecular flexibility index (Phi) is 9.77. The Hall–Kier alpha value is -1.86. The van der Waals surface area contributed by atoms with Gasteiger partial charge in [-0.1, -0.05) is 61.8 Å². The number of benzene rings is 2. The van der Waals surface area contributed by atoms with Crippen molar-refractivity contribution in [3.8, 4) is 5.75 Å². The minimum atomic E-state index is -0.622. The molecule has 1 N–H and O–H groups in total. The van der Waals surface area contributed by atoms with Crippen molar-refractivity contribution in [2.24, 2.45) is 0 Å². The molecule has 0 aliphatic heterocycles. The molecule has 0 fully saturated rings. The van der Waals surface area contributed by atoms with Gasteiger partial charge in [-0.2, -0.15) is 0 Å². The second-order valence-electron chi connectivity index (χ2n) is 8.80. The van der Waals surface area contributed by atoms with Crippen molar-refractivity contribution in [1.29, 1.82) is 0 Å². The third-order valence-corrected chi connectivity index (χ3v) is 6.22. The van der Waals surface area contributed by atoms with Gasteiger partial charge in [0.25, 0.3) is 5.91 Å². The fraction of sp³-hybridized carbons (Fsp3) is 0.440. The highest BCUT2D eigenvalue weighted by Crippen LogP contribution is 2.31. The zero-order chi connectivity index (χ0) is 23.9. The van der Waals surface area contributed by atoms with Crippen molar-refractivity contribution in [3.05, 3.63) is 62.5 Å². The van der Waals surface area contributed by atoms with Crippen LogP contribution in [-0.2, 0) is 21.5 Å². The molecule has 0 heterocycles. The van der Waals surface area contributed by atoms with E-state index in [1.54, 1.807) is 11.8 Å². The topological polar surface area (TPSA) is 58.6 Å². The molecule has 0 aliphatic carbocycles. The summed E-state index contributed by atoms with van der Waals surface area (Å²) < 4.78 is 7.56. The predicted octanol–water partition coefficient (Wildman–Crippen LogP) is 5.83. The van der Waals surface area contributed by atoms with Gasteiger partial charge in [-0.3, -0.25) is 9.59 Å². The van der Waals surface area contributed by atoms with Crippen molar-refractivity contribution in [1.82, 2.24) is 10.2 Å². The van der Waals surface area contributed by atoms with Gasteiger partial charge in [0.2, 0.25) is 5.91 Å². The summed E-state index contributed by atoms with van der Waals surface area (Å²) in [5.41, 5.74) is 2.11. The van der Waals surface area contributed by atoms with Crippen LogP contribution < -0.4 is 10.1 Å². The number of hydrogen-bond donors (Lipinski definition) is 1. The highest BCUT2D eigenvalue weighted by atomic mass is 79.9. The third kappa shape index (κ3) is 7.62. The van der Waals surface area contributed by atoms with Gasteiger partial charge >= 0.3 is 0 Å². The number of ether oxygens (including phenoxy) is 1. The third-order valence-electron chi connectivity index (χ3n) is 5.11. The fourth-order valence-corrected chi connectivity index (χ4v) is 4.06. The van der Waals surface area contributed by atoms with Crippen LogP contribution in [0.2, 0.25) is 0 Å². The molecule has 2 rings (SSSR count). The number of nitrogens with one attached hydrogen (secondary N) is 1. The smallest absolute Gasteiger partial charge is 0.261 e. The summed E-state index contributed by atoms with van der Waals surface area (Å²) in [4.78, 5) is 27.3. The van der Waals surface area contributed by atoms with Crippen LogP contribution in [0, 0.1) is 0 Å². The molecular weight excluding hydrogens is 536 g/mol. The lowest BCUT2D eigenvalue weighted by molar-refractivity contribution is -0.142. The average Bonchev–Trinajstić information content (AvgIpc) is 2.73. The number of hydrogen-bond acceptors (Lipinski definition) is 3. The summed E-state index contributed by atoms with van der Waals surface area (Å²) in [5, 5.41) is 2.88. The predicted molar refractivity (Wildman–Crippen MR) is 136 cm³/mol. The maximum atomic E-state index is 13.2. The Bertz CT molecular complexity index is 941. The molecule has 0 aromatic heterocycles. The molecule has 0 radical (unpaired) electrons. The van der Waals surface area contributed by atoms with Crippen LogP contribution in [0.15, 0.2) is 51.4 Å². The summed E-state index contributed by atoms with van der Waals surface area (Å²) >= 11 is 7.02. The van der Waals surface area contributed by atoms with E-state index in [-0.39, 0.29) is 23.8 Å². The van der Waals surface area contributed by atoms with Gasteiger partial charge in [-0.15, -0.1) is 0 Å². The average molecular weight is 568 g/mol.